The van der Waals surface area contributed by atoms with Gasteiger partial charge >= 0.3 is 6.18 Å². The van der Waals surface area contributed by atoms with E-state index in [-0.39, 0.29) is 17.4 Å². The molecule has 9 heteroatoms. The molecule has 0 saturated carbocycles. The van der Waals surface area contributed by atoms with Gasteiger partial charge < -0.3 is 5.32 Å². The maximum atomic E-state index is 12.6. The average molecular weight is 357 g/mol. The van der Waals surface area contributed by atoms with Crippen molar-refractivity contribution in [3.8, 4) is 0 Å². The van der Waals surface area contributed by atoms with Gasteiger partial charge in [-0.05, 0) is 50.0 Å². The molecule has 1 atom stereocenters. The van der Waals surface area contributed by atoms with Crippen LogP contribution >= 0.6 is 11.6 Å². The van der Waals surface area contributed by atoms with Crippen molar-refractivity contribution in [1.82, 2.24) is 10.0 Å². The van der Waals surface area contributed by atoms with Crippen LogP contribution in [0.1, 0.15) is 18.4 Å². The molecule has 2 rings (SSSR count). The van der Waals surface area contributed by atoms with Gasteiger partial charge in [-0.25, -0.2) is 13.1 Å². The first-order chi connectivity index (χ1) is 10.2. The second-order valence-corrected chi connectivity index (χ2v) is 7.35. The van der Waals surface area contributed by atoms with E-state index >= 15 is 0 Å². The van der Waals surface area contributed by atoms with Crippen LogP contribution in [0.3, 0.4) is 0 Å². The molecule has 0 amide bonds. The zero-order valence-electron chi connectivity index (χ0n) is 11.6. The molecule has 1 heterocycles. The fourth-order valence-corrected chi connectivity index (χ4v) is 3.96. The van der Waals surface area contributed by atoms with E-state index in [9.17, 15) is 21.6 Å². The minimum Gasteiger partial charge on any atom is -0.316 e. The number of alkyl halides is 3. The third kappa shape index (κ3) is 4.34. The molecule has 22 heavy (non-hydrogen) atoms. The highest BCUT2D eigenvalue weighted by Crippen LogP contribution is 2.33. The zero-order valence-corrected chi connectivity index (χ0v) is 13.2. The molecule has 2 N–H and O–H groups in total. The number of piperidine rings is 1. The Hall–Kier alpha value is -0.830. The molecule has 0 aliphatic carbocycles. The van der Waals surface area contributed by atoms with E-state index in [4.69, 9.17) is 11.6 Å². The first-order valence-electron chi connectivity index (χ1n) is 6.77. The van der Waals surface area contributed by atoms with Crippen LogP contribution in [0.2, 0.25) is 5.02 Å². The van der Waals surface area contributed by atoms with Gasteiger partial charge in [0.1, 0.15) is 4.90 Å². The first-order valence-corrected chi connectivity index (χ1v) is 8.63. The Morgan fingerprint density at radius 1 is 1.36 bits per heavy atom. The Morgan fingerprint density at radius 3 is 2.64 bits per heavy atom. The number of sulfonamides is 1. The van der Waals surface area contributed by atoms with E-state index in [1.54, 1.807) is 0 Å². The van der Waals surface area contributed by atoms with E-state index < -0.39 is 26.8 Å². The summed E-state index contributed by atoms with van der Waals surface area (Å²) in [5.41, 5.74) is -0.979. The Balaban J connectivity index is 2.11. The maximum Gasteiger partial charge on any atom is 0.416 e. The van der Waals surface area contributed by atoms with Crippen LogP contribution in [0.15, 0.2) is 23.1 Å². The van der Waals surface area contributed by atoms with E-state index in [2.05, 4.69) is 10.0 Å². The van der Waals surface area contributed by atoms with E-state index in [1.807, 2.05) is 0 Å². The Labute approximate surface area is 132 Å². The van der Waals surface area contributed by atoms with E-state index in [0.29, 0.717) is 18.7 Å². The van der Waals surface area contributed by atoms with Gasteiger partial charge in [0.2, 0.25) is 10.0 Å². The highest BCUT2D eigenvalue weighted by molar-refractivity contribution is 7.89. The first kappa shape index (κ1) is 17.5. The lowest BCUT2D eigenvalue weighted by atomic mass is 10.0. The third-order valence-corrected chi connectivity index (χ3v) is 5.42. The predicted molar refractivity (Wildman–Crippen MR) is 77.2 cm³/mol. The molecule has 124 valence electrons. The quantitative estimate of drug-likeness (QED) is 0.872. The van der Waals surface area contributed by atoms with Crippen molar-refractivity contribution in [3.05, 3.63) is 28.8 Å². The molecule has 1 unspecified atom stereocenters. The van der Waals surface area contributed by atoms with Crippen LogP contribution in [0.5, 0.6) is 0 Å². The SMILES string of the molecule is O=S(=O)(NCC1CCCNC1)c1ccc(C(F)(F)F)cc1Cl. The number of hydrogen-bond acceptors (Lipinski definition) is 3. The minimum atomic E-state index is -4.56. The Kier molecular flexibility index (Phi) is 5.37. The molecular weight excluding hydrogens is 341 g/mol. The summed E-state index contributed by atoms with van der Waals surface area (Å²) in [6.07, 6.45) is -2.70. The summed E-state index contributed by atoms with van der Waals surface area (Å²) in [6.45, 7) is 1.85. The number of nitrogens with one attached hydrogen (secondary N) is 2. The molecule has 4 nitrogen and oxygen atoms in total. The Morgan fingerprint density at radius 2 is 2.09 bits per heavy atom. The Bertz CT molecular complexity index is 629. The standard InChI is InChI=1S/C13H16ClF3N2O2S/c14-11-6-10(13(15,16)17)3-4-12(11)22(20,21)19-8-9-2-1-5-18-7-9/h3-4,6,9,18-19H,1-2,5,7-8H2. The fraction of sp³-hybridized carbons (Fsp3) is 0.538. The van der Waals surface area contributed by atoms with Gasteiger partial charge in [-0.3, -0.25) is 0 Å². The van der Waals surface area contributed by atoms with Crippen LogP contribution in [-0.2, 0) is 16.2 Å². The number of benzene rings is 1. The topological polar surface area (TPSA) is 58.2 Å². The van der Waals surface area contributed by atoms with Gasteiger partial charge in [-0.15, -0.1) is 0 Å². The van der Waals surface area contributed by atoms with Gasteiger partial charge in [0, 0.05) is 6.54 Å². The van der Waals surface area contributed by atoms with Gasteiger partial charge in [0.05, 0.1) is 10.6 Å². The molecule has 1 aliphatic heterocycles. The van der Waals surface area contributed by atoms with Crippen molar-refractivity contribution in [2.75, 3.05) is 19.6 Å². The molecule has 1 saturated heterocycles. The van der Waals surface area contributed by atoms with Gasteiger partial charge in [0.15, 0.2) is 0 Å². The maximum absolute atomic E-state index is 12.6. The summed E-state index contributed by atoms with van der Waals surface area (Å²) in [6, 6.07) is 2.22. The van der Waals surface area contributed by atoms with Crippen molar-refractivity contribution < 1.29 is 21.6 Å². The van der Waals surface area contributed by atoms with Gasteiger partial charge in [0.25, 0.3) is 0 Å². The summed E-state index contributed by atoms with van der Waals surface area (Å²) < 4.78 is 64.4. The van der Waals surface area contributed by atoms with Gasteiger partial charge in [-0.2, -0.15) is 13.2 Å². The second kappa shape index (κ2) is 6.74. The van der Waals surface area contributed by atoms with Crippen LogP contribution in [0.25, 0.3) is 0 Å². The fourth-order valence-electron chi connectivity index (χ4n) is 2.30. The summed E-state index contributed by atoms with van der Waals surface area (Å²) in [5.74, 6) is 0.164. The molecule has 0 bridgehead atoms. The third-order valence-electron chi connectivity index (χ3n) is 3.51. The van der Waals surface area contributed by atoms with Crippen LogP contribution in [0.4, 0.5) is 13.2 Å². The van der Waals surface area contributed by atoms with E-state index in [0.717, 1.165) is 25.5 Å². The van der Waals surface area contributed by atoms with Crippen molar-refractivity contribution in [2.45, 2.75) is 23.9 Å². The summed E-state index contributed by atoms with van der Waals surface area (Å²) in [5, 5.41) is 2.72. The molecule has 1 aromatic rings. The molecule has 0 radical (unpaired) electrons. The van der Waals surface area contributed by atoms with Crippen molar-refractivity contribution in [2.24, 2.45) is 5.92 Å². The van der Waals surface area contributed by atoms with Crippen molar-refractivity contribution in [3.63, 3.8) is 0 Å². The molecule has 1 aromatic carbocycles. The lowest BCUT2D eigenvalue weighted by Gasteiger charge is -2.23. The monoisotopic (exact) mass is 356 g/mol. The van der Waals surface area contributed by atoms with Crippen LogP contribution < -0.4 is 10.0 Å². The molecule has 0 spiro atoms. The lowest BCUT2D eigenvalue weighted by molar-refractivity contribution is -0.137. The molecule has 1 aliphatic rings. The minimum absolute atomic E-state index is 0.164. The van der Waals surface area contributed by atoms with Crippen molar-refractivity contribution in [1.29, 1.82) is 0 Å². The molecule has 0 aromatic heterocycles. The second-order valence-electron chi connectivity index (χ2n) is 5.21. The van der Waals surface area contributed by atoms with Crippen LogP contribution in [-0.4, -0.2) is 28.1 Å². The van der Waals surface area contributed by atoms with E-state index in [1.165, 1.54) is 0 Å². The normalized spacial score (nSPS) is 20.1. The van der Waals surface area contributed by atoms with Crippen LogP contribution in [0, 0.1) is 5.92 Å². The number of hydrogen-bond donors (Lipinski definition) is 2. The predicted octanol–water partition coefficient (Wildman–Crippen LogP) is 2.64. The smallest absolute Gasteiger partial charge is 0.316 e. The summed E-state index contributed by atoms with van der Waals surface area (Å²) >= 11 is 5.71. The lowest BCUT2D eigenvalue weighted by Crippen LogP contribution is -2.38. The number of halogens is 4. The zero-order chi connectivity index (χ0) is 16.4. The average Bonchev–Trinajstić information content (AvgIpc) is 2.45. The summed E-state index contributed by atoms with van der Waals surface area (Å²) in [4.78, 5) is -0.342. The highest BCUT2D eigenvalue weighted by Gasteiger charge is 2.32. The highest BCUT2D eigenvalue weighted by atomic mass is 35.5. The molecular formula is C13H16ClF3N2O2S. The van der Waals surface area contributed by atoms with Gasteiger partial charge in [-0.1, -0.05) is 11.6 Å². The largest absolute Gasteiger partial charge is 0.416 e. The summed E-state index contributed by atoms with van der Waals surface area (Å²) in [7, 11) is -3.93. The molecule has 1 fully saturated rings. The van der Waals surface area contributed by atoms with Crippen molar-refractivity contribution >= 4 is 21.6 Å². The number of rotatable bonds is 4.